The van der Waals surface area contributed by atoms with Crippen molar-refractivity contribution in [3.05, 3.63) is 28.8 Å². The van der Waals surface area contributed by atoms with E-state index < -0.39 is 0 Å². The fourth-order valence-electron chi connectivity index (χ4n) is 4.80. The van der Waals surface area contributed by atoms with E-state index >= 15 is 0 Å². The predicted octanol–water partition coefficient (Wildman–Crippen LogP) is 5.91. The van der Waals surface area contributed by atoms with Crippen LogP contribution in [-0.2, 0) is 21.4 Å². The van der Waals surface area contributed by atoms with Crippen LogP contribution in [0, 0.1) is 6.92 Å². The molecule has 0 bridgehead atoms. The smallest absolute Gasteiger partial charge is 0.306 e. The van der Waals surface area contributed by atoms with Crippen molar-refractivity contribution in [2.24, 2.45) is 0 Å². The third-order valence-electron chi connectivity index (χ3n) is 5.78. The monoisotopic (exact) mass is 449 g/mol. The van der Waals surface area contributed by atoms with Gasteiger partial charge in [-0.1, -0.05) is 38.5 Å². The first-order chi connectivity index (χ1) is 14.2. The molecule has 1 heterocycles. The second kappa shape index (κ2) is 10.2. The molecule has 1 aliphatic heterocycles. The van der Waals surface area contributed by atoms with E-state index in [2.05, 4.69) is 72.8 Å². The number of thioether (sulfide) groups is 1. The standard InChI is InChI=1S/C26H43NO3S/c1-18-14-19(23(29)21(15-18)24(2,3)4)10-9-12-31-13-11-22(28)30-20-16-25(5,6)27-26(7,8)17-20/h14-15,20,27,29H,9-13,16-17H2,1-8H3. The second-order valence-corrected chi connectivity index (χ2v) is 12.7. The summed E-state index contributed by atoms with van der Waals surface area (Å²) in [5.74, 6) is 2.11. The Bertz CT molecular complexity index is 749. The Morgan fingerprint density at radius 1 is 1.16 bits per heavy atom. The van der Waals surface area contributed by atoms with Crippen molar-refractivity contribution in [2.45, 2.75) is 110 Å². The van der Waals surface area contributed by atoms with Crippen molar-refractivity contribution in [3.8, 4) is 5.75 Å². The number of phenolic OH excluding ortho intramolecular Hbond substituents is 1. The number of piperidine rings is 1. The highest BCUT2D eigenvalue weighted by atomic mass is 32.2. The molecule has 5 heteroatoms. The molecule has 2 rings (SSSR count). The van der Waals surface area contributed by atoms with E-state index in [0.29, 0.717) is 12.2 Å². The summed E-state index contributed by atoms with van der Waals surface area (Å²) in [6.45, 7) is 17.2. The van der Waals surface area contributed by atoms with Gasteiger partial charge in [-0.05, 0) is 69.8 Å². The van der Waals surface area contributed by atoms with Gasteiger partial charge in [0, 0.05) is 29.7 Å². The molecule has 1 aromatic carbocycles. The van der Waals surface area contributed by atoms with Gasteiger partial charge < -0.3 is 15.2 Å². The van der Waals surface area contributed by atoms with Crippen LogP contribution in [0.3, 0.4) is 0 Å². The highest BCUT2D eigenvalue weighted by Crippen LogP contribution is 2.35. The van der Waals surface area contributed by atoms with Crippen LogP contribution in [0.1, 0.15) is 90.8 Å². The van der Waals surface area contributed by atoms with Gasteiger partial charge in [0.1, 0.15) is 11.9 Å². The van der Waals surface area contributed by atoms with Crippen LogP contribution in [0.15, 0.2) is 12.1 Å². The number of nitrogens with one attached hydrogen (secondary N) is 1. The van der Waals surface area contributed by atoms with Gasteiger partial charge in [-0.3, -0.25) is 4.79 Å². The maximum atomic E-state index is 12.3. The quantitative estimate of drug-likeness (QED) is 0.382. The number of rotatable bonds is 8. The largest absolute Gasteiger partial charge is 0.507 e. The minimum Gasteiger partial charge on any atom is -0.507 e. The third kappa shape index (κ3) is 8.34. The van der Waals surface area contributed by atoms with Crippen LogP contribution in [0.4, 0.5) is 0 Å². The van der Waals surface area contributed by atoms with Gasteiger partial charge in [0.2, 0.25) is 0 Å². The predicted molar refractivity (Wildman–Crippen MR) is 132 cm³/mol. The van der Waals surface area contributed by atoms with Crippen LogP contribution in [0.25, 0.3) is 0 Å². The van der Waals surface area contributed by atoms with Gasteiger partial charge in [0.25, 0.3) is 0 Å². The average Bonchev–Trinajstić information content (AvgIpc) is 2.56. The Balaban J connectivity index is 1.72. The van der Waals surface area contributed by atoms with Gasteiger partial charge in [-0.25, -0.2) is 0 Å². The summed E-state index contributed by atoms with van der Waals surface area (Å²) in [7, 11) is 0. The molecule has 1 saturated heterocycles. The molecule has 0 aromatic heterocycles. The highest BCUT2D eigenvalue weighted by molar-refractivity contribution is 7.99. The zero-order valence-electron chi connectivity index (χ0n) is 20.9. The zero-order valence-corrected chi connectivity index (χ0v) is 21.7. The Labute approximate surface area is 193 Å². The van der Waals surface area contributed by atoms with Gasteiger partial charge in [0.15, 0.2) is 0 Å². The molecule has 0 radical (unpaired) electrons. The van der Waals surface area contributed by atoms with Crippen LogP contribution >= 0.6 is 11.8 Å². The van der Waals surface area contributed by atoms with Crippen molar-refractivity contribution < 1.29 is 14.6 Å². The van der Waals surface area contributed by atoms with Crippen LogP contribution < -0.4 is 5.32 Å². The average molecular weight is 450 g/mol. The van der Waals surface area contributed by atoms with E-state index in [-0.39, 0.29) is 28.6 Å². The lowest BCUT2D eigenvalue weighted by Gasteiger charge is -2.45. The summed E-state index contributed by atoms with van der Waals surface area (Å²) in [5.41, 5.74) is 3.13. The Morgan fingerprint density at radius 2 is 1.77 bits per heavy atom. The van der Waals surface area contributed by atoms with E-state index in [1.807, 2.05) is 0 Å². The van der Waals surface area contributed by atoms with Gasteiger partial charge >= 0.3 is 5.97 Å². The van der Waals surface area contributed by atoms with Crippen molar-refractivity contribution in [3.63, 3.8) is 0 Å². The first-order valence-corrected chi connectivity index (χ1v) is 12.7. The number of aryl methyl sites for hydroxylation is 2. The molecule has 2 N–H and O–H groups in total. The topological polar surface area (TPSA) is 58.6 Å². The summed E-state index contributed by atoms with van der Waals surface area (Å²) < 4.78 is 5.79. The third-order valence-corrected chi connectivity index (χ3v) is 6.85. The van der Waals surface area contributed by atoms with Crippen LogP contribution in [-0.4, -0.2) is 39.8 Å². The van der Waals surface area contributed by atoms with E-state index in [0.717, 1.165) is 48.3 Å². The Kier molecular flexibility index (Phi) is 8.54. The summed E-state index contributed by atoms with van der Waals surface area (Å²) in [6.07, 6.45) is 3.99. The number of hydrogen-bond acceptors (Lipinski definition) is 5. The molecule has 1 aromatic rings. The normalized spacial score (nSPS) is 18.7. The molecule has 1 fully saturated rings. The van der Waals surface area contributed by atoms with Gasteiger partial charge in [0.05, 0.1) is 6.42 Å². The number of aromatic hydroxyl groups is 1. The number of esters is 1. The molecule has 0 spiro atoms. The van der Waals surface area contributed by atoms with Crippen molar-refractivity contribution in [1.29, 1.82) is 0 Å². The number of carbonyl (C=O) groups excluding carboxylic acids is 1. The number of ether oxygens (including phenoxy) is 1. The molecule has 0 aliphatic carbocycles. The molecule has 1 aliphatic rings. The first-order valence-electron chi connectivity index (χ1n) is 11.6. The Hall–Kier alpha value is -1.20. The second-order valence-electron chi connectivity index (χ2n) is 11.4. The van der Waals surface area contributed by atoms with Crippen molar-refractivity contribution in [1.82, 2.24) is 5.32 Å². The molecule has 0 amide bonds. The molecule has 0 unspecified atom stereocenters. The summed E-state index contributed by atoms with van der Waals surface area (Å²) in [4.78, 5) is 12.3. The number of phenols is 1. The van der Waals surface area contributed by atoms with Gasteiger partial charge in [-0.15, -0.1) is 0 Å². The number of carbonyl (C=O) groups is 1. The molecular formula is C26H43NO3S. The SMILES string of the molecule is Cc1cc(CCCSCCC(=O)OC2CC(C)(C)NC(C)(C)C2)c(O)c(C(C)(C)C)c1. The Morgan fingerprint density at radius 3 is 2.35 bits per heavy atom. The summed E-state index contributed by atoms with van der Waals surface area (Å²) in [5, 5.41) is 14.3. The lowest BCUT2D eigenvalue weighted by atomic mass is 9.81. The van der Waals surface area contributed by atoms with Crippen LogP contribution in [0.5, 0.6) is 5.75 Å². The van der Waals surface area contributed by atoms with Crippen molar-refractivity contribution >= 4 is 17.7 Å². The van der Waals surface area contributed by atoms with Crippen LogP contribution in [0.2, 0.25) is 0 Å². The molecule has 0 atom stereocenters. The molecule has 176 valence electrons. The van der Waals surface area contributed by atoms with E-state index in [1.165, 1.54) is 5.56 Å². The van der Waals surface area contributed by atoms with Crippen molar-refractivity contribution in [2.75, 3.05) is 11.5 Å². The summed E-state index contributed by atoms with van der Waals surface area (Å²) in [6, 6.07) is 4.18. The minimum absolute atomic E-state index is 0.00921. The minimum atomic E-state index is -0.0860. The lowest BCUT2D eigenvalue weighted by molar-refractivity contribution is -0.152. The molecule has 0 saturated carbocycles. The van der Waals surface area contributed by atoms with E-state index in [1.54, 1.807) is 11.8 Å². The van der Waals surface area contributed by atoms with Gasteiger partial charge in [-0.2, -0.15) is 11.8 Å². The molecule has 31 heavy (non-hydrogen) atoms. The van der Waals surface area contributed by atoms with E-state index in [9.17, 15) is 9.90 Å². The summed E-state index contributed by atoms with van der Waals surface area (Å²) >= 11 is 1.79. The highest BCUT2D eigenvalue weighted by Gasteiger charge is 2.39. The fraction of sp³-hybridized carbons (Fsp3) is 0.731. The van der Waals surface area contributed by atoms with E-state index in [4.69, 9.17) is 4.74 Å². The molecular weight excluding hydrogens is 406 g/mol. The maximum Gasteiger partial charge on any atom is 0.306 e. The zero-order chi connectivity index (χ0) is 23.4. The fourth-order valence-corrected chi connectivity index (χ4v) is 5.66. The lowest BCUT2D eigenvalue weighted by Crippen LogP contribution is -2.59. The first kappa shape index (κ1) is 26.1. The maximum absolute atomic E-state index is 12.3. The number of hydrogen-bond donors (Lipinski definition) is 2. The number of benzene rings is 1. The molecule has 4 nitrogen and oxygen atoms in total.